The Morgan fingerprint density at radius 1 is 1.38 bits per heavy atom. The van der Waals surface area contributed by atoms with E-state index in [2.05, 4.69) is 17.4 Å². The van der Waals surface area contributed by atoms with E-state index in [1.54, 1.807) is 0 Å². The van der Waals surface area contributed by atoms with Crippen LogP contribution in [0.25, 0.3) is 0 Å². The lowest BCUT2D eigenvalue weighted by atomic mass is 10.1. The third-order valence-corrected chi connectivity index (χ3v) is 4.16. The lowest BCUT2D eigenvalue weighted by Crippen LogP contribution is -2.40. The summed E-state index contributed by atoms with van der Waals surface area (Å²) in [5.41, 5.74) is 1.28. The van der Waals surface area contributed by atoms with Gasteiger partial charge >= 0.3 is 0 Å². The number of benzene rings is 1. The molecule has 1 saturated heterocycles. The monoisotopic (exact) mass is 290 g/mol. The maximum Gasteiger partial charge on any atom is 0.222 e. The molecule has 0 bridgehead atoms. The van der Waals surface area contributed by atoms with Crippen molar-refractivity contribution in [3.05, 3.63) is 35.9 Å². The fraction of sp³-hybridized carbons (Fsp3) is 0.588. The zero-order chi connectivity index (χ0) is 15.1. The number of likely N-dealkylation sites (tertiary alicyclic amines) is 1. The van der Waals surface area contributed by atoms with Crippen LogP contribution in [0.15, 0.2) is 30.3 Å². The normalized spacial score (nSPS) is 20.0. The third kappa shape index (κ3) is 4.83. The average molecular weight is 290 g/mol. The fourth-order valence-corrected chi connectivity index (χ4v) is 2.80. The standard InChI is InChI=1S/C17H26N2O2/c1-2-16(20)13-19-15(8-9-17(19)21)10-11-18-12-14-6-4-3-5-7-14/h3-7,15-16,18,20H,2,8-13H2,1H3. The van der Waals surface area contributed by atoms with Crippen molar-refractivity contribution in [3.8, 4) is 0 Å². The molecule has 1 aliphatic heterocycles. The molecule has 0 radical (unpaired) electrons. The molecule has 2 unspecified atom stereocenters. The summed E-state index contributed by atoms with van der Waals surface area (Å²) < 4.78 is 0. The molecule has 4 nitrogen and oxygen atoms in total. The third-order valence-electron chi connectivity index (χ3n) is 4.16. The number of amides is 1. The Morgan fingerprint density at radius 3 is 2.86 bits per heavy atom. The van der Waals surface area contributed by atoms with E-state index in [-0.39, 0.29) is 11.9 Å². The van der Waals surface area contributed by atoms with E-state index < -0.39 is 6.10 Å². The Balaban J connectivity index is 1.72. The number of carbonyl (C=O) groups excluding carboxylic acids is 1. The zero-order valence-corrected chi connectivity index (χ0v) is 12.8. The minimum atomic E-state index is -0.396. The summed E-state index contributed by atoms with van der Waals surface area (Å²) in [7, 11) is 0. The molecule has 116 valence electrons. The molecule has 1 aliphatic rings. The zero-order valence-electron chi connectivity index (χ0n) is 12.8. The van der Waals surface area contributed by atoms with Crippen LogP contribution in [0.1, 0.15) is 38.2 Å². The smallest absolute Gasteiger partial charge is 0.222 e. The number of rotatable bonds is 8. The van der Waals surface area contributed by atoms with Crippen LogP contribution in [-0.2, 0) is 11.3 Å². The van der Waals surface area contributed by atoms with Gasteiger partial charge in [-0.05, 0) is 31.4 Å². The molecule has 2 N–H and O–H groups in total. The van der Waals surface area contributed by atoms with Gasteiger partial charge in [0.2, 0.25) is 5.91 Å². The maximum absolute atomic E-state index is 11.9. The van der Waals surface area contributed by atoms with E-state index in [0.717, 1.165) is 25.9 Å². The first-order chi connectivity index (χ1) is 10.2. The average Bonchev–Trinajstić information content (AvgIpc) is 2.85. The van der Waals surface area contributed by atoms with E-state index in [0.29, 0.717) is 19.4 Å². The molecular weight excluding hydrogens is 264 g/mol. The van der Waals surface area contributed by atoms with Crippen LogP contribution in [0.4, 0.5) is 0 Å². The van der Waals surface area contributed by atoms with Crippen LogP contribution in [-0.4, -0.2) is 41.1 Å². The lowest BCUT2D eigenvalue weighted by molar-refractivity contribution is -0.130. The van der Waals surface area contributed by atoms with Crippen LogP contribution in [0.3, 0.4) is 0 Å². The van der Waals surface area contributed by atoms with Crippen molar-refractivity contribution >= 4 is 5.91 Å². The second kappa shape index (κ2) is 8.15. The highest BCUT2D eigenvalue weighted by Crippen LogP contribution is 2.21. The van der Waals surface area contributed by atoms with Gasteiger partial charge in [-0.3, -0.25) is 4.79 Å². The van der Waals surface area contributed by atoms with E-state index in [1.165, 1.54) is 5.56 Å². The molecule has 1 aromatic carbocycles. The van der Waals surface area contributed by atoms with Crippen molar-refractivity contribution in [1.82, 2.24) is 10.2 Å². The second-order valence-corrected chi connectivity index (χ2v) is 5.75. The highest BCUT2D eigenvalue weighted by atomic mass is 16.3. The number of nitrogens with one attached hydrogen (secondary N) is 1. The SMILES string of the molecule is CCC(O)CN1C(=O)CCC1CCNCc1ccccc1. The van der Waals surface area contributed by atoms with Crippen molar-refractivity contribution in [2.75, 3.05) is 13.1 Å². The second-order valence-electron chi connectivity index (χ2n) is 5.75. The van der Waals surface area contributed by atoms with Crippen molar-refractivity contribution in [3.63, 3.8) is 0 Å². The molecule has 1 heterocycles. The number of aliphatic hydroxyl groups is 1. The number of hydrogen-bond donors (Lipinski definition) is 2. The Bertz CT molecular complexity index is 436. The Kier molecular flexibility index (Phi) is 6.21. The number of carbonyl (C=O) groups is 1. The fourth-order valence-electron chi connectivity index (χ4n) is 2.80. The molecule has 2 rings (SSSR count). The summed E-state index contributed by atoms with van der Waals surface area (Å²) in [6.07, 6.45) is 2.80. The quantitative estimate of drug-likeness (QED) is 0.719. The molecule has 1 aromatic rings. The van der Waals surface area contributed by atoms with Crippen molar-refractivity contribution in [2.45, 2.75) is 51.3 Å². The molecule has 1 amide bonds. The molecule has 0 aliphatic carbocycles. The van der Waals surface area contributed by atoms with E-state index >= 15 is 0 Å². The first kappa shape index (κ1) is 16.0. The molecule has 0 spiro atoms. The van der Waals surface area contributed by atoms with Gasteiger partial charge in [-0.1, -0.05) is 37.3 Å². The van der Waals surface area contributed by atoms with E-state index in [1.807, 2.05) is 30.0 Å². The summed E-state index contributed by atoms with van der Waals surface area (Å²) in [6, 6.07) is 10.6. The van der Waals surface area contributed by atoms with Gasteiger partial charge in [-0.2, -0.15) is 0 Å². The van der Waals surface area contributed by atoms with Crippen LogP contribution < -0.4 is 5.32 Å². The van der Waals surface area contributed by atoms with Gasteiger partial charge in [0.25, 0.3) is 0 Å². The molecule has 4 heteroatoms. The van der Waals surface area contributed by atoms with Gasteiger partial charge < -0.3 is 15.3 Å². The highest BCUT2D eigenvalue weighted by molar-refractivity contribution is 5.78. The Hall–Kier alpha value is -1.39. The van der Waals surface area contributed by atoms with Crippen LogP contribution >= 0.6 is 0 Å². The van der Waals surface area contributed by atoms with Crippen LogP contribution in [0, 0.1) is 0 Å². The minimum Gasteiger partial charge on any atom is -0.391 e. The number of aliphatic hydroxyl groups excluding tert-OH is 1. The number of β-amino-alcohol motifs (C(OH)–C–C–N with tert-alkyl or cyclic N) is 1. The maximum atomic E-state index is 11.9. The van der Waals surface area contributed by atoms with Gasteiger partial charge in [0.05, 0.1) is 6.10 Å². The van der Waals surface area contributed by atoms with E-state index in [4.69, 9.17) is 0 Å². The van der Waals surface area contributed by atoms with Gasteiger partial charge in [0.1, 0.15) is 0 Å². The van der Waals surface area contributed by atoms with E-state index in [9.17, 15) is 9.90 Å². The molecule has 2 atom stereocenters. The van der Waals surface area contributed by atoms with Crippen LogP contribution in [0.5, 0.6) is 0 Å². The molecule has 21 heavy (non-hydrogen) atoms. The summed E-state index contributed by atoms with van der Waals surface area (Å²) in [5, 5.41) is 13.2. The Labute approximate surface area is 127 Å². The van der Waals surface area contributed by atoms with Gasteiger partial charge in [0.15, 0.2) is 0 Å². The largest absolute Gasteiger partial charge is 0.391 e. The molecule has 1 fully saturated rings. The van der Waals surface area contributed by atoms with Crippen LogP contribution in [0.2, 0.25) is 0 Å². The van der Waals surface area contributed by atoms with Crippen molar-refractivity contribution in [2.24, 2.45) is 0 Å². The predicted molar refractivity (Wildman–Crippen MR) is 83.8 cm³/mol. The van der Waals surface area contributed by atoms with Gasteiger partial charge in [-0.15, -0.1) is 0 Å². The lowest BCUT2D eigenvalue weighted by Gasteiger charge is -2.27. The first-order valence-electron chi connectivity index (χ1n) is 7.93. The van der Waals surface area contributed by atoms with Crippen molar-refractivity contribution in [1.29, 1.82) is 0 Å². The predicted octanol–water partition coefficient (Wildman–Crippen LogP) is 1.93. The number of nitrogens with zero attached hydrogens (tertiary/aromatic N) is 1. The topological polar surface area (TPSA) is 52.6 Å². The summed E-state index contributed by atoms with van der Waals surface area (Å²) >= 11 is 0. The van der Waals surface area contributed by atoms with Gasteiger partial charge in [0, 0.05) is 25.6 Å². The Morgan fingerprint density at radius 2 is 2.14 bits per heavy atom. The first-order valence-corrected chi connectivity index (χ1v) is 7.93. The van der Waals surface area contributed by atoms with Gasteiger partial charge in [-0.25, -0.2) is 0 Å². The molecule has 0 saturated carbocycles. The molecular formula is C17H26N2O2. The summed E-state index contributed by atoms with van der Waals surface area (Å²) in [4.78, 5) is 13.8. The van der Waals surface area contributed by atoms with Crippen molar-refractivity contribution < 1.29 is 9.90 Å². The summed E-state index contributed by atoms with van der Waals surface area (Å²) in [6.45, 7) is 4.19. The molecule has 0 aromatic heterocycles. The minimum absolute atomic E-state index is 0.190. The number of hydrogen-bond acceptors (Lipinski definition) is 3. The summed E-state index contributed by atoms with van der Waals surface area (Å²) in [5.74, 6) is 0.190. The highest BCUT2D eigenvalue weighted by Gasteiger charge is 2.31.